The van der Waals surface area contributed by atoms with E-state index in [1.807, 2.05) is 0 Å². The van der Waals surface area contributed by atoms with E-state index >= 15 is 0 Å². The highest BCUT2D eigenvalue weighted by atomic mass is 19.1. The van der Waals surface area contributed by atoms with Gasteiger partial charge in [0.15, 0.2) is 11.6 Å². The normalized spacial score (nSPS) is 10.2. The molecule has 0 spiro atoms. The maximum Gasteiger partial charge on any atom is 0.159 e. The first kappa shape index (κ1) is 11.5. The number of aromatic nitrogens is 2. The number of benzene rings is 1. The molecule has 5 heteroatoms. The summed E-state index contributed by atoms with van der Waals surface area (Å²) in [6.45, 7) is 0.152. The fourth-order valence-corrected chi connectivity index (χ4v) is 1.30. The Morgan fingerprint density at radius 2 is 1.76 bits per heavy atom. The Hall–Kier alpha value is -2.01. The van der Waals surface area contributed by atoms with E-state index in [-0.39, 0.29) is 19.0 Å². The standard InChI is InChI=1S/C12H11FN2O2/c13-10-3-1-9(2-4-10)12-14-7-11(8-15-12)17-6-5-16/h1-4,7-8,16H,5-6H2. The van der Waals surface area contributed by atoms with Crippen molar-refractivity contribution in [1.29, 1.82) is 0 Å². The number of hydrogen-bond acceptors (Lipinski definition) is 4. The summed E-state index contributed by atoms with van der Waals surface area (Å²) in [5, 5.41) is 8.58. The topological polar surface area (TPSA) is 55.2 Å². The molecule has 2 rings (SSSR count). The van der Waals surface area contributed by atoms with Gasteiger partial charge >= 0.3 is 0 Å². The molecule has 0 amide bonds. The Labute approximate surface area is 97.7 Å². The zero-order valence-electron chi connectivity index (χ0n) is 9.01. The number of nitrogens with zero attached hydrogens (tertiary/aromatic N) is 2. The minimum atomic E-state index is -0.295. The molecule has 0 atom stereocenters. The van der Waals surface area contributed by atoms with Gasteiger partial charge in [-0.05, 0) is 24.3 Å². The Kier molecular flexibility index (Phi) is 3.62. The SMILES string of the molecule is OCCOc1cnc(-c2ccc(F)cc2)nc1. The fourth-order valence-electron chi connectivity index (χ4n) is 1.30. The van der Waals surface area contributed by atoms with Gasteiger partial charge in [0.2, 0.25) is 0 Å². The maximum atomic E-state index is 12.7. The Morgan fingerprint density at radius 3 is 2.35 bits per heavy atom. The number of aliphatic hydroxyl groups excluding tert-OH is 1. The van der Waals surface area contributed by atoms with Crippen LogP contribution in [0.5, 0.6) is 5.75 Å². The second kappa shape index (κ2) is 5.36. The van der Waals surface area contributed by atoms with E-state index in [2.05, 4.69) is 9.97 Å². The zero-order chi connectivity index (χ0) is 12.1. The molecule has 1 aromatic carbocycles. The first-order chi connectivity index (χ1) is 8.29. The van der Waals surface area contributed by atoms with Crippen LogP contribution in [0.3, 0.4) is 0 Å². The van der Waals surface area contributed by atoms with Gasteiger partial charge in [-0.1, -0.05) is 0 Å². The molecule has 2 aromatic rings. The molecule has 1 aromatic heterocycles. The largest absolute Gasteiger partial charge is 0.488 e. The van der Waals surface area contributed by atoms with Crippen molar-refractivity contribution in [2.24, 2.45) is 0 Å². The van der Waals surface area contributed by atoms with Gasteiger partial charge in [0.05, 0.1) is 19.0 Å². The number of halogens is 1. The highest BCUT2D eigenvalue weighted by Crippen LogP contribution is 2.16. The van der Waals surface area contributed by atoms with Gasteiger partial charge in [0.1, 0.15) is 12.4 Å². The van der Waals surface area contributed by atoms with Gasteiger partial charge in [-0.2, -0.15) is 0 Å². The van der Waals surface area contributed by atoms with Crippen molar-refractivity contribution < 1.29 is 14.2 Å². The molecule has 0 saturated carbocycles. The Bertz CT molecular complexity index is 471. The molecule has 0 bridgehead atoms. The van der Waals surface area contributed by atoms with Crippen LogP contribution in [0.25, 0.3) is 11.4 Å². The van der Waals surface area contributed by atoms with E-state index in [0.29, 0.717) is 11.6 Å². The molecule has 1 heterocycles. The Morgan fingerprint density at radius 1 is 1.12 bits per heavy atom. The summed E-state index contributed by atoms with van der Waals surface area (Å²) in [5.74, 6) is 0.697. The molecule has 17 heavy (non-hydrogen) atoms. The third-order valence-corrected chi connectivity index (χ3v) is 2.09. The van der Waals surface area contributed by atoms with E-state index in [0.717, 1.165) is 5.56 Å². The van der Waals surface area contributed by atoms with E-state index in [9.17, 15) is 4.39 Å². The van der Waals surface area contributed by atoms with E-state index in [1.165, 1.54) is 24.5 Å². The third kappa shape index (κ3) is 2.98. The summed E-state index contributed by atoms with van der Waals surface area (Å²) in [4.78, 5) is 8.18. The monoisotopic (exact) mass is 234 g/mol. The average molecular weight is 234 g/mol. The van der Waals surface area contributed by atoms with E-state index in [1.54, 1.807) is 12.1 Å². The number of rotatable bonds is 4. The summed E-state index contributed by atoms with van der Waals surface area (Å²) < 4.78 is 17.9. The van der Waals surface area contributed by atoms with E-state index < -0.39 is 0 Å². The predicted molar refractivity (Wildman–Crippen MR) is 60.0 cm³/mol. The number of hydrogen-bond donors (Lipinski definition) is 1. The molecule has 0 unspecified atom stereocenters. The van der Waals surface area contributed by atoms with Crippen LogP contribution in [0.15, 0.2) is 36.7 Å². The summed E-state index contributed by atoms with van der Waals surface area (Å²) in [5.41, 5.74) is 0.736. The molecule has 0 radical (unpaired) electrons. The van der Waals surface area contributed by atoms with Gasteiger partial charge in [0.25, 0.3) is 0 Å². The van der Waals surface area contributed by atoms with Gasteiger partial charge in [0, 0.05) is 5.56 Å². The zero-order valence-corrected chi connectivity index (χ0v) is 9.01. The third-order valence-electron chi connectivity index (χ3n) is 2.09. The van der Waals surface area contributed by atoms with Crippen molar-refractivity contribution >= 4 is 0 Å². The molecule has 88 valence electrons. The molecule has 4 nitrogen and oxygen atoms in total. The molecular weight excluding hydrogens is 223 g/mol. The predicted octanol–water partition coefficient (Wildman–Crippen LogP) is 1.65. The molecule has 0 fully saturated rings. The number of aliphatic hydroxyl groups is 1. The summed E-state index contributed by atoms with van der Waals surface area (Å²) in [6, 6.07) is 5.93. The van der Waals surface area contributed by atoms with Crippen molar-refractivity contribution in [2.45, 2.75) is 0 Å². The minimum Gasteiger partial charge on any atom is -0.488 e. The lowest BCUT2D eigenvalue weighted by molar-refractivity contribution is 0.200. The summed E-state index contributed by atoms with van der Waals surface area (Å²) in [7, 11) is 0. The van der Waals surface area contributed by atoms with Crippen LogP contribution < -0.4 is 4.74 Å². The van der Waals surface area contributed by atoms with E-state index in [4.69, 9.17) is 9.84 Å². The van der Waals surface area contributed by atoms with Crippen molar-refractivity contribution in [3.8, 4) is 17.1 Å². The molecule has 0 aliphatic rings. The minimum absolute atomic E-state index is 0.0558. The molecular formula is C12H11FN2O2. The lowest BCUT2D eigenvalue weighted by atomic mass is 10.2. The lowest BCUT2D eigenvalue weighted by Gasteiger charge is -2.04. The Balaban J connectivity index is 2.14. The van der Waals surface area contributed by atoms with Crippen LogP contribution in [0.2, 0.25) is 0 Å². The number of ether oxygens (including phenoxy) is 1. The van der Waals surface area contributed by atoms with Crippen LogP contribution in [0.4, 0.5) is 4.39 Å². The van der Waals surface area contributed by atoms with Crippen LogP contribution in [0, 0.1) is 5.82 Å². The van der Waals surface area contributed by atoms with Gasteiger partial charge in [-0.3, -0.25) is 0 Å². The van der Waals surface area contributed by atoms with Gasteiger partial charge < -0.3 is 9.84 Å². The van der Waals surface area contributed by atoms with Crippen molar-refractivity contribution in [2.75, 3.05) is 13.2 Å². The maximum absolute atomic E-state index is 12.7. The van der Waals surface area contributed by atoms with Crippen LogP contribution >= 0.6 is 0 Å². The molecule has 1 N–H and O–H groups in total. The average Bonchev–Trinajstić information content (AvgIpc) is 2.38. The summed E-state index contributed by atoms with van der Waals surface area (Å²) in [6.07, 6.45) is 3.03. The fraction of sp³-hybridized carbons (Fsp3) is 0.167. The quantitative estimate of drug-likeness (QED) is 0.874. The smallest absolute Gasteiger partial charge is 0.159 e. The van der Waals surface area contributed by atoms with Crippen LogP contribution in [-0.4, -0.2) is 28.3 Å². The highest BCUT2D eigenvalue weighted by Gasteiger charge is 2.02. The molecule has 0 saturated heterocycles. The van der Waals surface area contributed by atoms with Crippen LogP contribution in [0.1, 0.15) is 0 Å². The lowest BCUT2D eigenvalue weighted by Crippen LogP contribution is -2.02. The first-order valence-electron chi connectivity index (χ1n) is 5.11. The van der Waals surface area contributed by atoms with Gasteiger partial charge in [-0.25, -0.2) is 14.4 Å². The second-order valence-corrected chi connectivity index (χ2v) is 3.32. The van der Waals surface area contributed by atoms with Crippen molar-refractivity contribution in [1.82, 2.24) is 9.97 Å². The highest BCUT2D eigenvalue weighted by molar-refractivity contribution is 5.54. The summed E-state index contributed by atoms with van der Waals surface area (Å²) >= 11 is 0. The van der Waals surface area contributed by atoms with Gasteiger partial charge in [-0.15, -0.1) is 0 Å². The van der Waals surface area contributed by atoms with Crippen LogP contribution in [-0.2, 0) is 0 Å². The molecule has 0 aliphatic heterocycles. The van der Waals surface area contributed by atoms with Crippen molar-refractivity contribution in [3.63, 3.8) is 0 Å². The second-order valence-electron chi connectivity index (χ2n) is 3.32. The first-order valence-corrected chi connectivity index (χ1v) is 5.11. The molecule has 0 aliphatic carbocycles. The van der Waals surface area contributed by atoms with Crippen molar-refractivity contribution in [3.05, 3.63) is 42.5 Å².